The first-order chi connectivity index (χ1) is 9.49. The molecule has 2 rings (SSSR count). The summed E-state index contributed by atoms with van der Waals surface area (Å²) in [6.45, 7) is 7.62. The SMILES string of the molecule is CC(=O)NC[C@H]1CCN(C(=O)c2ccoc2C(C)C)C1. The predicted octanol–water partition coefficient (Wildman–Crippen LogP) is 2.00. The van der Waals surface area contributed by atoms with Crippen molar-refractivity contribution in [2.45, 2.75) is 33.1 Å². The number of likely N-dealkylation sites (tertiary alicyclic amines) is 1. The highest BCUT2D eigenvalue weighted by Gasteiger charge is 2.29. The molecule has 1 saturated heterocycles. The van der Waals surface area contributed by atoms with Crippen LogP contribution in [0.5, 0.6) is 0 Å². The maximum atomic E-state index is 12.5. The van der Waals surface area contributed by atoms with Crippen LogP contribution in [-0.4, -0.2) is 36.3 Å². The van der Waals surface area contributed by atoms with Gasteiger partial charge >= 0.3 is 0 Å². The molecule has 0 unspecified atom stereocenters. The van der Waals surface area contributed by atoms with Gasteiger partial charge in [-0.2, -0.15) is 0 Å². The number of hydrogen-bond donors (Lipinski definition) is 1. The number of nitrogens with zero attached hydrogens (tertiary/aromatic N) is 1. The minimum Gasteiger partial charge on any atom is -0.468 e. The third kappa shape index (κ3) is 3.21. The first-order valence-corrected chi connectivity index (χ1v) is 7.10. The Hall–Kier alpha value is -1.78. The van der Waals surface area contributed by atoms with Crippen molar-refractivity contribution in [2.75, 3.05) is 19.6 Å². The second-order valence-electron chi connectivity index (χ2n) is 5.70. The first kappa shape index (κ1) is 14.6. The van der Waals surface area contributed by atoms with E-state index in [1.165, 1.54) is 6.92 Å². The quantitative estimate of drug-likeness (QED) is 0.916. The topological polar surface area (TPSA) is 62.6 Å². The van der Waals surface area contributed by atoms with Crippen molar-refractivity contribution in [1.82, 2.24) is 10.2 Å². The molecule has 5 heteroatoms. The fraction of sp³-hybridized carbons (Fsp3) is 0.600. The molecule has 1 N–H and O–H groups in total. The normalized spacial score (nSPS) is 18.6. The van der Waals surface area contributed by atoms with Crippen LogP contribution in [0.25, 0.3) is 0 Å². The van der Waals surface area contributed by atoms with Gasteiger partial charge in [0.25, 0.3) is 5.91 Å². The number of hydrogen-bond acceptors (Lipinski definition) is 3. The van der Waals surface area contributed by atoms with Gasteiger partial charge in [-0.1, -0.05) is 13.8 Å². The molecule has 2 amide bonds. The summed E-state index contributed by atoms with van der Waals surface area (Å²) in [5.74, 6) is 1.30. The van der Waals surface area contributed by atoms with Crippen LogP contribution >= 0.6 is 0 Å². The van der Waals surface area contributed by atoms with Crippen LogP contribution < -0.4 is 5.32 Å². The molecule has 20 heavy (non-hydrogen) atoms. The van der Waals surface area contributed by atoms with E-state index in [9.17, 15) is 9.59 Å². The highest BCUT2D eigenvalue weighted by Crippen LogP contribution is 2.24. The Balaban J connectivity index is 1.97. The lowest BCUT2D eigenvalue weighted by Crippen LogP contribution is -2.32. The van der Waals surface area contributed by atoms with Crippen molar-refractivity contribution in [2.24, 2.45) is 5.92 Å². The summed E-state index contributed by atoms with van der Waals surface area (Å²) in [4.78, 5) is 25.3. The first-order valence-electron chi connectivity index (χ1n) is 7.10. The van der Waals surface area contributed by atoms with E-state index in [0.717, 1.165) is 18.7 Å². The van der Waals surface area contributed by atoms with Gasteiger partial charge in [-0.15, -0.1) is 0 Å². The van der Waals surface area contributed by atoms with Crippen molar-refractivity contribution < 1.29 is 14.0 Å². The molecular weight excluding hydrogens is 256 g/mol. The summed E-state index contributed by atoms with van der Waals surface area (Å²) < 4.78 is 5.41. The number of carbonyl (C=O) groups excluding carboxylic acids is 2. The third-order valence-corrected chi connectivity index (χ3v) is 3.66. The van der Waals surface area contributed by atoms with Gasteiger partial charge in [0.15, 0.2) is 0 Å². The Kier molecular flexibility index (Phi) is 4.47. The summed E-state index contributed by atoms with van der Waals surface area (Å²) >= 11 is 0. The third-order valence-electron chi connectivity index (χ3n) is 3.66. The summed E-state index contributed by atoms with van der Waals surface area (Å²) in [6, 6.07) is 1.75. The van der Waals surface area contributed by atoms with Crippen LogP contribution in [-0.2, 0) is 4.79 Å². The molecule has 5 nitrogen and oxygen atoms in total. The zero-order valence-electron chi connectivity index (χ0n) is 12.3. The average molecular weight is 278 g/mol. The Morgan fingerprint density at radius 1 is 1.50 bits per heavy atom. The molecule has 1 fully saturated rings. The summed E-state index contributed by atoms with van der Waals surface area (Å²) in [6.07, 6.45) is 2.51. The van der Waals surface area contributed by atoms with Crippen LogP contribution in [0.15, 0.2) is 16.7 Å². The molecule has 0 aliphatic carbocycles. The highest BCUT2D eigenvalue weighted by atomic mass is 16.3. The maximum Gasteiger partial charge on any atom is 0.257 e. The van der Waals surface area contributed by atoms with Crippen LogP contribution in [0.1, 0.15) is 49.2 Å². The Labute approximate surface area is 119 Å². The molecular formula is C15H22N2O3. The van der Waals surface area contributed by atoms with Crippen LogP contribution in [0.3, 0.4) is 0 Å². The number of nitrogens with one attached hydrogen (secondary N) is 1. The van der Waals surface area contributed by atoms with Crippen LogP contribution in [0.2, 0.25) is 0 Å². The molecule has 0 bridgehead atoms. The van der Waals surface area contributed by atoms with Gasteiger partial charge in [-0.05, 0) is 18.4 Å². The zero-order valence-corrected chi connectivity index (χ0v) is 12.3. The highest BCUT2D eigenvalue weighted by molar-refractivity contribution is 5.95. The van der Waals surface area contributed by atoms with Crippen molar-refractivity contribution in [3.63, 3.8) is 0 Å². The fourth-order valence-corrected chi connectivity index (χ4v) is 2.59. The van der Waals surface area contributed by atoms with Crippen molar-refractivity contribution >= 4 is 11.8 Å². The van der Waals surface area contributed by atoms with Crippen molar-refractivity contribution in [3.8, 4) is 0 Å². The lowest BCUT2D eigenvalue weighted by atomic mass is 10.1. The number of furan rings is 1. The van der Waals surface area contributed by atoms with Gasteiger partial charge in [0, 0.05) is 32.5 Å². The number of carbonyl (C=O) groups is 2. The van der Waals surface area contributed by atoms with E-state index in [1.54, 1.807) is 12.3 Å². The Morgan fingerprint density at radius 2 is 2.25 bits per heavy atom. The average Bonchev–Trinajstić information content (AvgIpc) is 3.04. The number of rotatable bonds is 4. The molecule has 0 saturated carbocycles. The van der Waals surface area contributed by atoms with E-state index < -0.39 is 0 Å². The van der Waals surface area contributed by atoms with E-state index in [2.05, 4.69) is 5.32 Å². The zero-order chi connectivity index (χ0) is 14.7. The van der Waals surface area contributed by atoms with Crippen molar-refractivity contribution in [1.29, 1.82) is 0 Å². The van der Waals surface area contributed by atoms with E-state index in [4.69, 9.17) is 4.42 Å². The minimum atomic E-state index is -0.0216. The Morgan fingerprint density at radius 3 is 2.90 bits per heavy atom. The van der Waals surface area contributed by atoms with Crippen LogP contribution in [0.4, 0.5) is 0 Å². The summed E-state index contributed by atoms with van der Waals surface area (Å²) in [5.41, 5.74) is 0.667. The van der Waals surface area contributed by atoms with Gasteiger partial charge in [0.05, 0.1) is 11.8 Å². The molecule has 2 heterocycles. The van der Waals surface area contributed by atoms with E-state index >= 15 is 0 Å². The van der Waals surface area contributed by atoms with E-state index in [1.807, 2.05) is 18.7 Å². The fourth-order valence-electron chi connectivity index (χ4n) is 2.59. The van der Waals surface area contributed by atoms with Crippen molar-refractivity contribution in [3.05, 3.63) is 23.7 Å². The lowest BCUT2D eigenvalue weighted by Gasteiger charge is -2.17. The van der Waals surface area contributed by atoms with Gasteiger partial charge in [0.2, 0.25) is 5.91 Å². The Bertz CT molecular complexity index is 493. The molecule has 110 valence electrons. The molecule has 1 aliphatic rings. The second kappa shape index (κ2) is 6.11. The van der Waals surface area contributed by atoms with Gasteiger partial charge in [-0.3, -0.25) is 9.59 Å². The van der Waals surface area contributed by atoms with Gasteiger partial charge in [-0.25, -0.2) is 0 Å². The molecule has 1 aliphatic heterocycles. The molecule has 0 spiro atoms. The van der Waals surface area contributed by atoms with E-state index in [-0.39, 0.29) is 17.7 Å². The second-order valence-corrected chi connectivity index (χ2v) is 5.70. The molecule has 1 aromatic heterocycles. The van der Waals surface area contributed by atoms with Gasteiger partial charge in [0.1, 0.15) is 5.76 Å². The number of amides is 2. The van der Waals surface area contributed by atoms with Gasteiger partial charge < -0.3 is 14.6 Å². The minimum absolute atomic E-state index is 0.0216. The predicted molar refractivity (Wildman–Crippen MR) is 75.5 cm³/mol. The molecule has 1 aromatic rings. The smallest absolute Gasteiger partial charge is 0.257 e. The van der Waals surface area contributed by atoms with Crippen LogP contribution in [0, 0.1) is 5.92 Å². The largest absolute Gasteiger partial charge is 0.468 e. The summed E-state index contributed by atoms with van der Waals surface area (Å²) in [5, 5.41) is 2.82. The maximum absolute atomic E-state index is 12.5. The van der Waals surface area contributed by atoms with E-state index in [0.29, 0.717) is 24.6 Å². The molecule has 0 aromatic carbocycles. The molecule has 0 radical (unpaired) electrons. The monoisotopic (exact) mass is 278 g/mol. The standard InChI is InChI=1S/C15H22N2O3/c1-10(2)14-13(5-7-20-14)15(19)17-6-4-12(9-17)8-16-11(3)18/h5,7,10,12H,4,6,8-9H2,1-3H3,(H,16,18)/t12-/m1/s1. The lowest BCUT2D eigenvalue weighted by molar-refractivity contribution is -0.119. The summed E-state index contributed by atoms with van der Waals surface area (Å²) in [7, 11) is 0. The molecule has 1 atom stereocenters.